The first-order chi connectivity index (χ1) is 7.58. The van der Waals surface area contributed by atoms with E-state index in [0.717, 1.165) is 0 Å². The fraction of sp³-hybridized carbons (Fsp3) is 0.273. The molecule has 0 saturated carbocycles. The third kappa shape index (κ3) is 3.32. The van der Waals surface area contributed by atoms with Gasteiger partial charge in [-0.2, -0.15) is 0 Å². The summed E-state index contributed by atoms with van der Waals surface area (Å²) in [5, 5.41) is 0.379. The van der Waals surface area contributed by atoms with E-state index in [2.05, 4.69) is 15.9 Å². The van der Waals surface area contributed by atoms with Crippen LogP contribution in [0, 0.1) is 0 Å². The van der Waals surface area contributed by atoms with Crippen molar-refractivity contribution in [2.45, 2.75) is 13.3 Å². The third-order valence-electron chi connectivity index (χ3n) is 1.95. The van der Waals surface area contributed by atoms with E-state index in [0.29, 0.717) is 33.5 Å². The lowest BCUT2D eigenvalue weighted by atomic mass is 10.1. The first kappa shape index (κ1) is 13.2. The highest BCUT2D eigenvalue weighted by Gasteiger charge is 2.13. The van der Waals surface area contributed by atoms with Gasteiger partial charge in [-0.3, -0.25) is 9.59 Å². The van der Waals surface area contributed by atoms with E-state index in [1.54, 1.807) is 19.1 Å². The van der Waals surface area contributed by atoms with E-state index >= 15 is 0 Å². The summed E-state index contributed by atoms with van der Waals surface area (Å²) in [7, 11) is 0. The molecule has 0 bridgehead atoms. The molecule has 0 aliphatic heterocycles. The Bertz CT molecular complexity index is 418. The van der Waals surface area contributed by atoms with Crippen LogP contribution < -0.4 is 0 Å². The molecule has 0 atom stereocenters. The topological polar surface area (TPSA) is 43.4 Å². The van der Waals surface area contributed by atoms with Crippen LogP contribution in [-0.4, -0.2) is 18.9 Å². The average molecular weight is 306 g/mol. The van der Waals surface area contributed by atoms with Crippen molar-refractivity contribution in [3.63, 3.8) is 0 Å². The fourth-order valence-corrected chi connectivity index (χ4v) is 2.17. The molecular weight excluding hydrogens is 295 g/mol. The van der Waals surface area contributed by atoms with Crippen LogP contribution in [0.1, 0.15) is 22.8 Å². The van der Waals surface area contributed by atoms with Gasteiger partial charge < -0.3 is 4.74 Å². The minimum Gasteiger partial charge on any atom is -0.466 e. The molecule has 0 aliphatic carbocycles. The van der Waals surface area contributed by atoms with Gasteiger partial charge in [-0.25, -0.2) is 0 Å². The smallest absolute Gasteiger partial charge is 0.310 e. The minimum atomic E-state index is -0.394. The average Bonchev–Trinajstić information content (AvgIpc) is 2.22. The van der Waals surface area contributed by atoms with Crippen LogP contribution in [0.15, 0.2) is 16.6 Å². The molecule has 1 aromatic rings. The normalized spacial score (nSPS) is 9.94. The SMILES string of the molecule is CCOC(=O)Cc1c(Cl)cc(Br)cc1C=O. The Kier molecular flexibility index (Phi) is 4.96. The van der Waals surface area contributed by atoms with E-state index in [1.165, 1.54) is 0 Å². The van der Waals surface area contributed by atoms with Crippen molar-refractivity contribution in [2.75, 3.05) is 6.61 Å². The monoisotopic (exact) mass is 304 g/mol. The molecule has 1 aromatic carbocycles. The van der Waals surface area contributed by atoms with Gasteiger partial charge >= 0.3 is 5.97 Å². The maximum atomic E-state index is 11.3. The van der Waals surface area contributed by atoms with Crippen molar-refractivity contribution in [1.82, 2.24) is 0 Å². The standard InChI is InChI=1S/C11H10BrClO3/c1-2-16-11(15)5-9-7(6-14)3-8(12)4-10(9)13/h3-4,6H,2,5H2,1H3. The molecule has 0 fully saturated rings. The molecule has 3 nitrogen and oxygen atoms in total. The second-order valence-corrected chi connectivity index (χ2v) is 4.38. The second kappa shape index (κ2) is 6.01. The number of halogens is 2. The number of rotatable bonds is 4. The summed E-state index contributed by atoms with van der Waals surface area (Å²) in [5.41, 5.74) is 0.894. The molecule has 0 heterocycles. The maximum absolute atomic E-state index is 11.3. The number of benzene rings is 1. The highest BCUT2D eigenvalue weighted by atomic mass is 79.9. The van der Waals surface area contributed by atoms with Gasteiger partial charge in [0.1, 0.15) is 6.29 Å². The summed E-state index contributed by atoms with van der Waals surface area (Å²) in [5.74, 6) is -0.394. The maximum Gasteiger partial charge on any atom is 0.310 e. The first-order valence-corrected chi connectivity index (χ1v) is 5.84. The number of hydrogen-bond acceptors (Lipinski definition) is 3. The fourth-order valence-electron chi connectivity index (χ4n) is 1.27. The van der Waals surface area contributed by atoms with Gasteiger partial charge in [0.25, 0.3) is 0 Å². The van der Waals surface area contributed by atoms with Crippen LogP contribution >= 0.6 is 27.5 Å². The summed E-state index contributed by atoms with van der Waals surface area (Å²) in [4.78, 5) is 22.1. The first-order valence-electron chi connectivity index (χ1n) is 4.67. The van der Waals surface area contributed by atoms with Crippen LogP contribution in [0.2, 0.25) is 5.02 Å². The second-order valence-electron chi connectivity index (χ2n) is 3.06. The number of aldehydes is 1. The Labute approximate surface area is 107 Å². The molecule has 0 aromatic heterocycles. The van der Waals surface area contributed by atoms with Crippen LogP contribution in [0.5, 0.6) is 0 Å². The van der Waals surface area contributed by atoms with Crippen LogP contribution in [0.25, 0.3) is 0 Å². The highest BCUT2D eigenvalue weighted by molar-refractivity contribution is 9.10. The molecule has 1 rings (SSSR count). The zero-order chi connectivity index (χ0) is 12.1. The van der Waals surface area contributed by atoms with E-state index in [9.17, 15) is 9.59 Å². The summed E-state index contributed by atoms with van der Waals surface area (Å²) < 4.78 is 5.51. The lowest BCUT2D eigenvalue weighted by molar-refractivity contribution is -0.142. The van der Waals surface area contributed by atoms with Gasteiger partial charge in [-0.15, -0.1) is 0 Å². The Morgan fingerprint density at radius 3 is 2.81 bits per heavy atom. The number of hydrogen-bond donors (Lipinski definition) is 0. The van der Waals surface area contributed by atoms with Gasteiger partial charge in [0, 0.05) is 15.1 Å². The molecule has 0 saturated heterocycles. The van der Waals surface area contributed by atoms with E-state index in [-0.39, 0.29) is 6.42 Å². The molecule has 0 aliphatic rings. The van der Waals surface area contributed by atoms with Crippen molar-refractivity contribution in [2.24, 2.45) is 0 Å². The van der Waals surface area contributed by atoms with Crippen LogP contribution in [-0.2, 0) is 16.0 Å². The molecule has 0 amide bonds. The van der Waals surface area contributed by atoms with E-state index in [1.807, 2.05) is 0 Å². The van der Waals surface area contributed by atoms with Crippen molar-refractivity contribution in [3.05, 3.63) is 32.8 Å². The Hall–Kier alpha value is -0.870. The Morgan fingerprint density at radius 1 is 1.56 bits per heavy atom. The van der Waals surface area contributed by atoms with Crippen molar-refractivity contribution >= 4 is 39.8 Å². The predicted octanol–water partition coefficient (Wildman–Crippen LogP) is 3.02. The molecule has 86 valence electrons. The molecular formula is C11H10BrClO3. The van der Waals surface area contributed by atoms with Crippen molar-refractivity contribution in [3.8, 4) is 0 Å². The molecule has 0 unspecified atom stereocenters. The molecule has 0 spiro atoms. The summed E-state index contributed by atoms with van der Waals surface area (Å²) >= 11 is 9.19. The number of carbonyl (C=O) groups excluding carboxylic acids is 2. The Morgan fingerprint density at radius 2 is 2.25 bits per heavy atom. The largest absolute Gasteiger partial charge is 0.466 e. The highest BCUT2D eigenvalue weighted by Crippen LogP contribution is 2.25. The van der Waals surface area contributed by atoms with Gasteiger partial charge in [0.2, 0.25) is 0 Å². The lowest BCUT2D eigenvalue weighted by Crippen LogP contribution is -2.09. The number of esters is 1. The van der Waals surface area contributed by atoms with E-state index < -0.39 is 5.97 Å². The van der Waals surface area contributed by atoms with Gasteiger partial charge in [0.05, 0.1) is 13.0 Å². The van der Waals surface area contributed by atoms with Gasteiger partial charge in [-0.1, -0.05) is 27.5 Å². The van der Waals surface area contributed by atoms with Crippen molar-refractivity contribution in [1.29, 1.82) is 0 Å². The molecule has 5 heteroatoms. The number of ether oxygens (including phenoxy) is 1. The van der Waals surface area contributed by atoms with Crippen molar-refractivity contribution < 1.29 is 14.3 Å². The minimum absolute atomic E-state index is 0.00796. The number of carbonyl (C=O) groups is 2. The molecule has 0 radical (unpaired) electrons. The Balaban J connectivity index is 3.02. The molecule has 16 heavy (non-hydrogen) atoms. The summed E-state index contributed by atoms with van der Waals surface area (Å²) in [6.07, 6.45) is 0.680. The van der Waals surface area contributed by atoms with Crippen LogP contribution in [0.3, 0.4) is 0 Å². The summed E-state index contributed by atoms with van der Waals surface area (Å²) in [6.45, 7) is 2.03. The third-order valence-corrected chi connectivity index (χ3v) is 2.74. The summed E-state index contributed by atoms with van der Waals surface area (Å²) in [6, 6.07) is 3.26. The van der Waals surface area contributed by atoms with E-state index in [4.69, 9.17) is 16.3 Å². The van der Waals surface area contributed by atoms with Crippen LogP contribution in [0.4, 0.5) is 0 Å². The zero-order valence-electron chi connectivity index (χ0n) is 8.63. The van der Waals surface area contributed by atoms with Gasteiger partial charge in [0.15, 0.2) is 0 Å². The lowest BCUT2D eigenvalue weighted by Gasteiger charge is -2.07. The predicted molar refractivity (Wildman–Crippen MR) is 64.9 cm³/mol. The molecule has 0 N–H and O–H groups in total. The quantitative estimate of drug-likeness (QED) is 0.634. The zero-order valence-corrected chi connectivity index (χ0v) is 11.0. The van der Waals surface area contributed by atoms with Gasteiger partial charge in [-0.05, 0) is 24.6 Å².